The number of anilines is 9. The molecule has 3 saturated heterocycles. The summed E-state index contributed by atoms with van der Waals surface area (Å²) in [5.74, 6) is 0.987. The number of carboxylic acid groups (broad SMARTS) is 1. The summed E-state index contributed by atoms with van der Waals surface area (Å²) < 4.78 is 143. The second-order valence-corrected chi connectivity index (χ2v) is 35.8. The van der Waals surface area contributed by atoms with Gasteiger partial charge in [0, 0.05) is 131 Å². The Morgan fingerprint density at radius 2 is 0.686 bits per heavy atom. The molecule has 0 spiro atoms. The van der Waals surface area contributed by atoms with Crippen LogP contribution in [0.1, 0.15) is 87.3 Å². The Morgan fingerprint density at radius 3 is 0.934 bits per heavy atom. The van der Waals surface area contributed by atoms with Gasteiger partial charge in [0.05, 0.1) is 27.9 Å². The molecule has 3 aliphatic rings. The van der Waals surface area contributed by atoms with Gasteiger partial charge in [-0.2, -0.15) is 27.9 Å². The molecule has 40 heteroatoms. The third-order valence-electron chi connectivity index (χ3n) is 17.6. The van der Waals surface area contributed by atoms with Gasteiger partial charge in [0.15, 0.2) is 11.2 Å². The van der Waals surface area contributed by atoms with E-state index < -0.39 is 57.5 Å². The Kier molecular flexibility index (Phi) is 38.3. The van der Waals surface area contributed by atoms with Crippen molar-refractivity contribution >= 4 is 116 Å². The SMILES string of the molecule is C.C.CCOC(=O)C(C)(C)Br.CCOC(=O)C(C)(C)Oc1ccc(S(=O)(=O)N2CCN(c3nc(C)cc(Nc4ccc(F)cc4)n3)CC2)cc1.Cc1cc(Nc2ccc(F)cc2)nc(N2CCN(S(=O)(=O)c3ccc(O)cc3)CC2)n1.Cc1cc(Nc2ccc(F)cc2)nc(N2CCN(S(=O)(=O)c3ccc(OC(C)(C)C(=O)O)cc3)CC2)n1.O.[Li+].[OH-]. The van der Waals surface area contributed by atoms with Crippen LogP contribution in [0, 0.1) is 38.2 Å². The van der Waals surface area contributed by atoms with E-state index in [1.165, 1.54) is 136 Å². The Morgan fingerprint density at radius 1 is 0.430 bits per heavy atom. The first kappa shape index (κ1) is 103. The molecule has 121 heavy (non-hydrogen) atoms. The predicted octanol–water partition coefficient (Wildman–Crippen LogP) is 9.20. The summed E-state index contributed by atoms with van der Waals surface area (Å²) in [6.45, 7) is 23.3. The zero-order valence-electron chi connectivity index (χ0n) is 67.7. The summed E-state index contributed by atoms with van der Waals surface area (Å²) >= 11 is 3.17. The number of esters is 2. The zero-order chi connectivity index (χ0) is 84.5. The van der Waals surface area contributed by atoms with Gasteiger partial charge in [-0.15, -0.1) is 0 Å². The fourth-order valence-corrected chi connectivity index (χ4v) is 15.8. The molecule has 0 saturated carbocycles. The summed E-state index contributed by atoms with van der Waals surface area (Å²) in [5.41, 5.74) is 1.67. The van der Waals surface area contributed by atoms with E-state index in [0.717, 1.165) is 17.1 Å². The number of phenols is 1. The molecule has 8 N–H and O–H groups in total. The van der Waals surface area contributed by atoms with E-state index in [4.69, 9.17) is 18.9 Å². The zero-order valence-corrected chi connectivity index (χ0v) is 71.8. The van der Waals surface area contributed by atoms with Crippen molar-refractivity contribution in [1.82, 2.24) is 42.8 Å². The molecular weight excluding hydrogens is 1700 g/mol. The first-order valence-corrected chi connectivity index (χ1v) is 41.9. The number of carbonyl (C=O) groups is 3. The molecule has 0 radical (unpaired) electrons. The van der Waals surface area contributed by atoms with Crippen LogP contribution in [0.15, 0.2) is 178 Å². The molecule has 32 nitrogen and oxygen atoms in total. The average molecular weight is 1800 g/mol. The molecule has 0 aliphatic carbocycles. The second kappa shape index (κ2) is 45.0. The van der Waals surface area contributed by atoms with E-state index in [1.807, 2.05) is 35.5 Å². The van der Waals surface area contributed by atoms with Crippen LogP contribution in [0.3, 0.4) is 0 Å². The number of alkyl halides is 1. The van der Waals surface area contributed by atoms with Crippen LogP contribution in [0.25, 0.3) is 0 Å². The van der Waals surface area contributed by atoms with Gasteiger partial charge in [0.2, 0.25) is 47.9 Å². The quantitative estimate of drug-likeness (QED) is 0.0214. The number of nitrogens with one attached hydrogen (secondary N) is 3. The summed E-state index contributed by atoms with van der Waals surface area (Å²) in [4.78, 5) is 67.5. The molecule has 0 unspecified atom stereocenters. The smallest absolute Gasteiger partial charge is 0.870 e. The minimum absolute atomic E-state index is 0. The molecule has 652 valence electrons. The third-order valence-corrected chi connectivity index (χ3v) is 23.7. The van der Waals surface area contributed by atoms with Crippen LogP contribution in [-0.2, 0) is 53.9 Å². The number of rotatable bonds is 24. The number of aromatic hydroxyl groups is 1. The number of aliphatic carboxylic acids is 1. The summed E-state index contributed by atoms with van der Waals surface area (Å²) in [6, 6.07) is 40.5. The molecule has 6 aromatic carbocycles. The Labute approximate surface area is 725 Å². The average Bonchev–Trinajstić information content (AvgIpc) is 0.798. The normalized spacial score (nSPS) is 14.0. The van der Waals surface area contributed by atoms with Crippen molar-refractivity contribution in [3.05, 3.63) is 198 Å². The Bertz CT molecular complexity index is 5220. The van der Waals surface area contributed by atoms with Crippen LogP contribution in [0.2, 0.25) is 0 Å². The Hall–Kier alpha value is -10.3. The molecule has 9 aromatic rings. The number of benzene rings is 6. The van der Waals surface area contributed by atoms with Crippen molar-refractivity contribution < 1.29 is 112 Å². The van der Waals surface area contributed by atoms with Crippen molar-refractivity contribution in [2.75, 3.05) is 122 Å². The van der Waals surface area contributed by atoms with Crippen LogP contribution in [0.5, 0.6) is 17.2 Å². The molecular formula is C81H104BrF3LiN15O17S3. The number of carboxylic acids is 1. The van der Waals surface area contributed by atoms with Crippen molar-refractivity contribution in [3.8, 4) is 17.2 Å². The van der Waals surface area contributed by atoms with E-state index in [-0.39, 0.29) is 127 Å². The van der Waals surface area contributed by atoms with Gasteiger partial charge in [0.1, 0.15) is 56.5 Å². The number of halogens is 4. The first-order chi connectivity index (χ1) is 54.7. The van der Waals surface area contributed by atoms with Gasteiger partial charge in [0.25, 0.3) is 0 Å². The van der Waals surface area contributed by atoms with Crippen molar-refractivity contribution in [2.24, 2.45) is 0 Å². The van der Waals surface area contributed by atoms with E-state index in [2.05, 4.69) is 61.8 Å². The standard InChI is InChI=1S/C27H32FN5O5S.C25H28FN5O5S.C21H22FN5O3S.C6H11BrO2.2CH4.Li.2H2O/c1-5-37-25(34)27(3,4)38-22-10-12-23(13-11-22)39(35,36)33-16-14-32(15-17-33)26-29-19(2)18-24(31-26)30-21-8-6-20(28)7-9-21;1-17-16-22(28-19-6-4-18(26)5-7-19)29-24(27-17)30-12-14-31(15-13-30)37(34,35)21-10-8-20(9-11-21)36-25(2,3)23(32)33;1-15-14-20(24-17-4-2-16(22)3-5-17)25-21(23-15)26-10-12-27(13-11-26)31(29,30)19-8-6-18(28)7-9-19;1-4-9-5(8)6(2,3)7;;;;;/h6-13,18H,5,14-17H2,1-4H3,(H,29,30,31);4-11,16H,12-15H2,1-3H3,(H,32,33)(H,27,28,29);2-9,14,28H,10-13H2,1H3,(H,23,24,25);4H2,1-3H3;2*1H4;;2*1H2/q;;;;;;+1;;/p-1. The third kappa shape index (κ3) is 28.9. The number of nitrogens with zero attached hydrogens (tertiary/aromatic N) is 12. The van der Waals surface area contributed by atoms with Crippen LogP contribution in [0.4, 0.5) is 65.5 Å². The van der Waals surface area contributed by atoms with Gasteiger partial charge >= 0.3 is 36.8 Å². The number of aromatic nitrogens is 6. The number of hydrogen-bond donors (Lipinski definition) is 5. The number of ether oxygens (including phenoxy) is 4. The summed E-state index contributed by atoms with van der Waals surface area (Å²) in [5, 5.41) is 28.0. The van der Waals surface area contributed by atoms with Crippen LogP contribution in [-0.4, -0.2) is 214 Å². The summed E-state index contributed by atoms with van der Waals surface area (Å²) in [6.07, 6.45) is 0. The molecule has 3 aromatic heterocycles. The maximum absolute atomic E-state index is 13.3. The van der Waals surface area contributed by atoms with Crippen LogP contribution < -0.4 is 59.0 Å². The van der Waals surface area contributed by atoms with E-state index in [0.29, 0.717) is 117 Å². The van der Waals surface area contributed by atoms with Crippen molar-refractivity contribution in [3.63, 3.8) is 0 Å². The second-order valence-electron chi connectivity index (χ2n) is 28.0. The number of carbonyl (C=O) groups excluding carboxylic acids is 2. The fraction of sp³-hybridized carbons (Fsp3) is 0.370. The van der Waals surface area contributed by atoms with E-state index >= 15 is 0 Å². The topological polar surface area (TPSA) is 425 Å². The van der Waals surface area contributed by atoms with Gasteiger partial charge in [-0.05, 0) is 222 Å². The van der Waals surface area contributed by atoms with E-state index in [9.17, 15) is 63.0 Å². The van der Waals surface area contributed by atoms with Crippen molar-refractivity contribution in [2.45, 2.75) is 121 Å². The fourth-order valence-electron chi connectivity index (χ4n) is 11.4. The molecule has 12 rings (SSSR count). The molecule has 0 amide bonds. The molecule has 3 aliphatic heterocycles. The minimum atomic E-state index is -3.75. The largest absolute Gasteiger partial charge is 1.00 e. The summed E-state index contributed by atoms with van der Waals surface area (Å²) in [7, 11) is -11.1. The molecule has 0 bridgehead atoms. The number of hydrogen-bond acceptors (Lipinski definition) is 27. The van der Waals surface area contributed by atoms with Gasteiger partial charge in [-0.3, -0.25) is 4.79 Å². The van der Waals surface area contributed by atoms with Gasteiger partial charge < -0.3 is 70.8 Å². The number of aryl methyl sites for hydroxylation is 3. The van der Waals surface area contributed by atoms with Crippen LogP contribution >= 0.6 is 15.9 Å². The minimum Gasteiger partial charge on any atom is -0.870 e. The van der Waals surface area contributed by atoms with Gasteiger partial charge in [-0.25, -0.2) is 63.0 Å². The number of phenolic OH excluding ortho intramolecular Hbond substituents is 1. The maximum Gasteiger partial charge on any atom is 1.00 e. The predicted molar refractivity (Wildman–Crippen MR) is 456 cm³/mol. The molecule has 0 atom stereocenters. The first-order valence-electron chi connectivity index (χ1n) is 36.8. The number of piperazine rings is 3. The van der Waals surface area contributed by atoms with Crippen molar-refractivity contribution in [1.29, 1.82) is 0 Å². The molecule has 3 fully saturated rings. The Balaban J connectivity index is 0.000000357. The number of sulfonamides is 3. The van der Waals surface area contributed by atoms with E-state index in [1.54, 1.807) is 96.1 Å². The van der Waals surface area contributed by atoms with Gasteiger partial charge in [-0.1, -0.05) is 30.8 Å². The maximum atomic E-state index is 13.3. The molecule has 6 heterocycles. The monoisotopic (exact) mass is 1800 g/mol.